The standard InChI is InChI=1S/C2Cl3NO2/c3-1(7)2(6-4)8-5. The van der Waals surface area contributed by atoms with E-state index in [2.05, 4.69) is 20.7 Å². The minimum absolute atomic E-state index is 0.532. The predicted octanol–water partition coefficient (Wildman–Crippen LogP) is 1.47. The van der Waals surface area contributed by atoms with Crippen LogP contribution < -0.4 is 0 Å². The van der Waals surface area contributed by atoms with Crippen molar-refractivity contribution in [1.82, 2.24) is 0 Å². The SMILES string of the molecule is O=C(Cl)C(=NCl)OCl. The number of rotatable bonds is 1. The molecule has 0 unspecified atom stereocenters. The van der Waals surface area contributed by atoms with Crippen molar-refractivity contribution in [3.05, 3.63) is 0 Å². The van der Waals surface area contributed by atoms with Gasteiger partial charge in [-0.05, 0) is 11.6 Å². The molecular weight excluding hydrogens is 176 g/mol. The van der Waals surface area contributed by atoms with Gasteiger partial charge in [0.25, 0.3) is 0 Å². The summed E-state index contributed by atoms with van der Waals surface area (Å²) in [4.78, 5) is 9.95. The van der Waals surface area contributed by atoms with Crippen molar-refractivity contribution in [3.8, 4) is 0 Å². The molecule has 0 bridgehead atoms. The highest BCUT2D eigenvalue weighted by Gasteiger charge is 2.07. The number of hydrogen-bond acceptors (Lipinski definition) is 3. The van der Waals surface area contributed by atoms with Gasteiger partial charge in [0, 0.05) is 11.8 Å². The van der Waals surface area contributed by atoms with E-state index >= 15 is 0 Å². The molecule has 3 nitrogen and oxygen atoms in total. The van der Waals surface area contributed by atoms with Gasteiger partial charge in [0.2, 0.25) is 0 Å². The van der Waals surface area contributed by atoms with Gasteiger partial charge < -0.3 is 4.29 Å². The molecule has 0 fully saturated rings. The van der Waals surface area contributed by atoms with Crippen LogP contribution in [0.25, 0.3) is 0 Å². The van der Waals surface area contributed by atoms with Crippen molar-refractivity contribution in [2.45, 2.75) is 0 Å². The molecule has 0 radical (unpaired) electrons. The molecule has 0 N–H and O–H groups in total. The lowest BCUT2D eigenvalue weighted by Crippen LogP contribution is -2.04. The largest absolute Gasteiger partial charge is 0.358 e. The second-order valence-electron chi connectivity index (χ2n) is 0.741. The molecule has 0 heterocycles. The molecule has 0 aliphatic rings. The average Bonchev–Trinajstić information content (AvgIpc) is 1.69. The van der Waals surface area contributed by atoms with Crippen LogP contribution in [0.15, 0.2) is 4.51 Å². The quantitative estimate of drug-likeness (QED) is 0.345. The predicted molar refractivity (Wildman–Crippen MR) is 31.1 cm³/mol. The summed E-state index contributed by atoms with van der Waals surface area (Å²) < 4.78 is 6.53. The highest BCUT2D eigenvalue weighted by molar-refractivity contribution is 6.82. The van der Waals surface area contributed by atoms with Gasteiger partial charge in [-0.15, -0.1) is 4.51 Å². The second-order valence-corrected chi connectivity index (χ2v) is 1.41. The zero-order valence-corrected chi connectivity index (χ0v) is 5.67. The minimum Gasteiger partial charge on any atom is -0.358 e. The lowest BCUT2D eigenvalue weighted by atomic mass is 10.8. The molecule has 0 rings (SSSR count). The summed E-state index contributed by atoms with van der Waals surface area (Å²) >= 11 is 14.2. The Balaban J connectivity index is 3.92. The molecule has 0 spiro atoms. The summed E-state index contributed by atoms with van der Waals surface area (Å²) in [6.07, 6.45) is 0. The molecule has 0 aliphatic carbocycles. The van der Waals surface area contributed by atoms with E-state index in [9.17, 15) is 4.79 Å². The van der Waals surface area contributed by atoms with Gasteiger partial charge in [0.15, 0.2) is 0 Å². The number of hydrogen-bond donors (Lipinski definition) is 0. The van der Waals surface area contributed by atoms with Crippen LogP contribution in [0.4, 0.5) is 0 Å². The molecule has 6 heteroatoms. The summed E-state index contributed by atoms with van der Waals surface area (Å²) in [6.45, 7) is 0. The van der Waals surface area contributed by atoms with Crippen molar-refractivity contribution >= 4 is 46.4 Å². The van der Waals surface area contributed by atoms with Crippen LogP contribution >= 0.6 is 35.2 Å². The summed E-state index contributed by atoms with van der Waals surface area (Å²) in [5.74, 6) is -0.532. The molecule has 0 atom stereocenters. The minimum atomic E-state index is -0.935. The Morgan fingerprint density at radius 2 is 2.12 bits per heavy atom. The number of carbonyl (C=O) groups is 1. The molecule has 0 aromatic heterocycles. The lowest BCUT2D eigenvalue weighted by molar-refractivity contribution is -0.107. The van der Waals surface area contributed by atoms with Crippen molar-refractivity contribution < 1.29 is 9.08 Å². The van der Waals surface area contributed by atoms with Gasteiger partial charge >= 0.3 is 11.1 Å². The zero-order valence-electron chi connectivity index (χ0n) is 3.40. The Morgan fingerprint density at radius 1 is 1.62 bits per heavy atom. The topological polar surface area (TPSA) is 38.7 Å². The van der Waals surface area contributed by atoms with Crippen LogP contribution in [0.2, 0.25) is 0 Å². The third-order valence-corrected chi connectivity index (χ3v) is 0.779. The first kappa shape index (κ1) is 8.01. The summed E-state index contributed by atoms with van der Waals surface area (Å²) in [7, 11) is 0. The molecule has 0 saturated heterocycles. The van der Waals surface area contributed by atoms with Gasteiger partial charge in [0.1, 0.15) is 11.9 Å². The zero-order chi connectivity index (χ0) is 6.57. The monoisotopic (exact) mass is 175 g/mol. The fourth-order valence-corrected chi connectivity index (χ4v) is 0.491. The molecule has 0 aromatic rings. The van der Waals surface area contributed by atoms with Gasteiger partial charge in [-0.2, -0.15) is 0 Å². The Hall–Kier alpha value is 0.01000. The highest BCUT2D eigenvalue weighted by Crippen LogP contribution is 1.94. The van der Waals surface area contributed by atoms with Crippen LogP contribution in [0.3, 0.4) is 0 Å². The molecule has 0 aromatic carbocycles. The van der Waals surface area contributed by atoms with E-state index in [4.69, 9.17) is 23.4 Å². The molecule has 8 heavy (non-hydrogen) atoms. The van der Waals surface area contributed by atoms with E-state index in [0.717, 1.165) is 0 Å². The highest BCUT2D eigenvalue weighted by atomic mass is 35.5. The van der Waals surface area contributed by atoms with Crippen molar-refractivity contribution in [2.24, 2.45) is 4.51 Å². The fourth-order valence-electron chi connectivity index (χ4n) is 0.0766. The summed E-state index contributed by atoms with van der Waals surface area (Å²) in [5.41, 5.74) is 0. The van der Waals surface area contributed by atoms with Gasteiger partial charge in [-0.25, -0.2) is 0 Å². The average molecular weight is 176 g/mol. The Labute approximate surface area is 60.5 Å². The van der Waals surface area contributed by atoms with E-state index in [1.165, 1.54) is 0 Å². The normalized spacial score (nSPS) is 11.1. The fraction of sp³-hybridized carbons (Fsp3) is 0. The summed E-state index contributed by atoms with van der Waals surface area (Å²) in [5, 5.41) is -0.935. The van der Waals surface area contributed by atoms with E-state index < -0.39 is 11.1 Å². The van der Waals surface area contributed by atoms with Crippen molar-refractivity contribution in [1.29, 1.82) is 0 Å². The Bertz CT molecular complexity index is 122. The molecule has 0 aliphatic heterocycles. The third kappa shape index (κ3) is 2.35. The van der Waals surface area contributed by atoms with Crippen LogP contribution in [-0.4, -0.2) is 11.1 Å². The maximum atomic E-state index is 9.95. The molecule has 0 saturated carbocycles. The van der Waals surface area contributed by atoms with Crippen LogP contribution in [-0.2, 0) is 9.08 Å². The molecular formula is C2Cl3NO2. The number of carbonyl (C=O) groups excluding carboxylic acids is 1. The smallest absolute Gasteiger partial charge is 0.310 e. The Kier molecular flexibility index (Phi) is 3.95. The summed E-state index contributed by atoms with van der Waals surface area (Å²) in [6, 6.07) is 0. The van der Waals surface area contributed by atoms with Gasteiger partial charge in [-0.3, -0.25) is 4.79 Å². The van der Waals surface area contributed by atoms with E-state index in [-0.39, 0.29) is 0 Å². The van der Waals surface area contributed by atoms with Crippen LogP contribution in [0.5, 0.6) is 0 Å². The van der Waals surface area contributed by atoms with E-state index in [0.29, 0.717) is 0 Å². The number of nitrogens with zero attached hydrogens (tertiary/aromatic N) is 1. The van der Waals surface area contributed by atoms with Crippen LogP contribution in [0.1, 0.15) is 0 Å². The lowest BCUT2D eigenvalue weighted by Gasteiger charge is -1.86. The van der Waals surface area contributed by atoms with Crippen molar-refractivity contribution in [3.63, 3.8) is 0 Å². The number of halogens is 3. The van der Waals surface area contributed by atoms with E-state index in [1.807, 2.05) is 0 Å². The first-order chi connectivity index (χ1) is 3.72. The van der Waals surface area contributed by atoms with Gasteiger partial charge in [-0.1, -0.05) is 0 Å². The second kappa shape index (κ2) is 3.95. The van der Waals surface area contributed by atoms with Gasteiger partial charge in [0.05, 0.1) is 0 Å². The maximum absolute atomic E-state index is 9.95. The molecule has 46 valence electrons. The third-order valence-electron chi connectivity index (χ3n) is 0.318. The van der Waals surface area contributed by atoms with E-state index in [1.54, 1.807) is 0 Å². The maximum Gasteiger partial charge on any atom is 0.310 e. The Morgan fingerprint density at radius 3 is 2.12 bits per heavy atom. The molecule has 0 amide bonds. The van der Waals surface area contributed by atoms with Crippen LogP contribution in [0, 0.1) is 0 Å². The first-order valence-corrected chi connectivity index (χ1v) is 2.42. The first-order valence-electron chi connectivity index (χ1n) is 1.39. The van der Waals surface area contributed by atoms with Crippen molar-refractivity contribution in [2.75, 3.05) is 0 Å².